The zero-order chi connectivity index (χ0) is 30.1. The normalized spacial score (nSPS) is 17.5. The van der Waals surface area contributed by atoms with Crippen molar-refractivity contribution in [1.29, 1.82) is 5.26 Å². The van der Waals surface area contributed by atoms with E-state index in [-0.39, 0.29) is 29.3 Å². The second-order valence-corrected chi connectivity index (χ2v) is 11.6. The van der Waals surface area contributed by atoms with Crippen LogP contribution in [-0.4, -0.2) is 38.3 Å². The molecule has 1 atom stereocenters. The number of imidazole rings is 1. The number of halogens is 1. The first-order valence-electron chi connectivity index (χ1n) is 14.2. The number of hydrogen-bond donors (Lipinski definition) is 1. The molecule has 1 N–H and O–H groups in total. The van der Waals surface area contributed by atoms with Crippen LogP contribution < -0.4 is 4.74 Å². The Labute approximate surface area is 248 Å². The number of aromatic carboxylic acids is 1. The Morgan fingerprint density at radius 1 is 1.19 bits per heavy atom. The maximum atomic E-state index is 14.3. The highest BCUT2D eigenvalue weighted by atomic mass is 19.1. The molecule has 0 bridgehead atoms. The second kappa shape index (κ2) is 11.5. The Kier molecular flexibility index (Phi) is 7.55. The van der Waals surface area contributed by atoms with Crippen molar-refractivity contribution in [3.05, 3.63) is 106 Å². The third-order valence-electron chi connectivity index (χ3n) is 8.20. The molecular formula is C34H31FN4O4. The van der Waals surface area contributed by atoms with E-state index < -0.39 is 11.8 Å². The first kappa shape index (κ1) is 28.3. The Morgan fingerprint density at radius 3 is 2.72 bits per heavy atom. The lowest BCUT2D eigenvalue weighted by Crippen LogP contribution is -2.32. The van der Waals surface area contributed by atoms with Crippen LogP contribution in [0.5, 0.6) is 5.88 Å². The number of aromatic nitrogens is 3. The SMILES string of the molecule is CC1(C)CC(c2cccc(OCc3ccc(C#N)cc3F)n2)=CC=C1Cc1nc2ccc(C(=O)O)cc2n1C[C@@H]1CCO1. The molecule has 1 aliphatic heterocycles. The monoisotopic (exact) mass is 578 g/mol. The highest BCUT2D eigenvalue weighted by Crippen LogP contribution is 2.42. The van der Waals surface area contributed by atoms with E-state index in [2.05, 4.69) is 30.6 Å². The van der Waals surface area contributed by atoms with Gasteiger partial charge in [-0.05, 0) is 60.2 Å². The summed E-state index contributed by atoms with van der Waals surface area (Å²) in [5, 5.41) is 18.5. The van der Waals surface area contributed by atoms with Crippen LogP contribution in [0.1, 0.15) is 59.7 Å². The van der Waals surface area contributed by atoms with Crippen LogP contribution in [-0.2, 0) is 24.3 Å². The van der Waals surface area contributed by atoms with Gasteiger partial charge in [0.05, 0.1) is 46.6 Å². The van der Waals surface area contributed by atoms with Gasteiger partial charge in [-0.1, -0.05) is 43.7 Å². The van der Waals surface area contributed by atoms with Crippen molar-refractivity contribution in [3.8, 4) is 11.9 Å². The van der Waals surface area contributed by atoms with Crippen LogP contribution >= 0.6 is 0 Å². The molecule has 2 aliphatic rings. The number of carbonyl (C=O) groups is 1. The molecule has 0 amide bonds. The van der Waals surface area contributed by atoms with Gasteiger partial charge in [-0.25, -0.2) is 19.2 Å². The van der Waals surface area contributed by atoms with Gasteiger partial charge < -0.3 is 19.1 Å². The summed E-state index contributed by atoms with van der Waals surface area (Å²) in [6.07, 6.45) is 6.64. The van der Waals surface area contributed by atoms with Gasteiger partial charge in [-0.15, -0.1) is 0 Å². The Morgan fingerprint density at radius 2 is 2.02 bits per heavy atom. The molecule has 0 spiro atoms. The molecule has 2 aromatic heterocycles. The molecule has 218 valence electrons. The lowest BCUT2D eigenvalue weighted by molar-refractivity contribution is -0.0589. The minimum Gasteiger partial charge on any atom is -0.478 e. The summed E-state index contributed by atoms with van der Waals surface area (Å²) in [6.45, 7) is 5.77. The number of hydrogen-bond acceptors (Lipinski definition) is 6. The zero-order valence-electron chi connectivity index (χ0n) is 24.0. The first-order chi connectivity index (χ1) is 20.7. The van der Waals surface area contributed by atoms with E-state index >= 15 is 0 Å². The van der Waals surface area contributed by atoms with Crippen LogP contribution in [0, 0.1) is 22.6 Å². The zero-order valence-corrected chi connectivity index (χ0v) is 24.0. The lowest BCUT2D eigenvalue weighted by atomic mass is 9.73. The highest BCUT2D eigenvalue weighted by molar-refractivity contribution is 5.92. The molecule has 43 heavy (non-hydrogen) atoms. The van der Waals surface area contributed by atoms with E-state index in [1.807, 2.05) is 18.2 Å². The first-order valence-corrected chi connectivity index (χ1v) is 14.2. The number of nitriles is 1. The average molecular weight is 579 g/mol. The molecule has 6 rings (SSSR count). The Balaban J connectivity index is 1.24. The summed E-state index contributed by atoms with van der Waals surface area (Å²) < 4.78 is 27.9. The molecule has 9 heteroatoms. The lowest BCUT2D eigenvalue weighted by Gasteiger charge is -2.33. The van der Waals surface area contributed by atoms with Gasteiger partial charge in [0.2, 0.25) is 5.88 Å². The summed E-state index contributed by atoms with van der Waals surface area (Å²) >= 11 is 0. The van der Waals surface area contributed by atoms with Crippen LogP contribution in [0.4, 0.5) is 4.39 Å². The molecule has 1 fully saturated rings. The van der Waals surface area contributed by atoms with Crippen molar-refractivity contribution in [2.24, 2.45) is 5.41 Å². The van der Waals surface area contributed by atoms with Gasteiger partial charge in [-0.2, -0.15) is 5.26 Å². The number of benzene rings is 2. The minimum atomic E-state index is -0.964. The van der Waals surface area contributed by atoms with E-state index in [0.717, 1.165) is 47.6 Å². The average Bonchev–Trinajstić information content (AvgIpc) is 3.31. The predicted octanol–water partition coefficient (Wildman–Crippen LogP) is 6.49. The number of pyridine rings is 1. The molecule has 0 radical (unpaired) electrons. The smallest absolute Gasteiger partial charge is 0.335 e. The Bertz CT molecular complexity index is 1830. The fourth-order valence-electron chi connectivity index (χ4n) is 5.56. The summed E-state index contributed by atoms with van der Waals surface area (Å²) in [6, 6.07) is 16.9. The van der Waals surface area contributed by atoms with Gasteiger partial charge in [-0.3, -0.25) is 0 Å². The van der Waals surface area contributed by atoms with Crippen LogP contribution in [0.15, 0.2) is 72.3 Å². The molecule has 0 unspecified atom stereocenters. The molecule has 4 aromatic rings. The fourth-order valence-corrected chi connectivity index (χ4v) is 5.56. The van der Waals surface area contributed by atoms with Gasteiger partial charge in [0.25, 0.3) is 0 Å². The molecule has 2 aromatic carbocycles. The standard InChI is InChI=1S/C34H31FN4O4/c1-34(2)17-23(28-4-3-5-32(38-28)43-20-24-7-6-21(18-36)14-27(24)35)8-10-25(34)16-31-37-29-11-9-22(33(40)41)15-30(29)39(31)19-26-12-13-42-26/h3-11,14-15,26H,12-13,16-17,19-20H2,1-2H3,(H,40,41)/t26-/m0/s1. The number of carboxylic acids is 1. The summed E-state index contributed by atoms with van der Waals surface area (Å²) in [5.41, 5.74) is 5.29. The van der Waals surface area contributed by atoms with E-state index in [9.17, 15) is 14.3 Å². The van der Waals surface area contributed by atoms with Crippen molar-refractivity contribution in [1.82, 2.24) is 14.5 Å². The van der Waals surface area contributed by atoms with Gasteiger partial charge in [0.15, 0.2) is 0 Å². The molecule has 1 saturated heterocycles. The number of carboxylic acid groups (broad SMARTS) is 1. The number of ether oxygens (including phenoxy) is 2. The van der Waals surface area contributed by atoms with Gasteiger partial charge >= 0.3 is 5.97 Å². The van der Waals surface area contributed by atoms with Gasteiger partial charge in [0, 0.05) is 24.7 Å². The van der Waals surface area contributed by atoms with Crippen molar-refractivity contribution in [2.45, 2.75) is 52.4 Å². The molecule has 0 saturated carbocycles. The van der Waals surface area contributed by atoms with Crippen molar-refractivity contribution in [2.75, 3.05) is 6.61 Å². The third kappa shape index (κ3) is 5.92. The summed E-state index contributed by atoms with van der Waals surface area (Å²) in [4.78, 5) is 21.3. The predicted molar refractivity (Wildman–Crippen MR) is 159 cm³/mol. The van der Waals surface area contributed by atoms with Crippen LogP contribution in [0.2, 0.25) is 0 Å². The van der Waals surface area contributed by atoms with Gasteiger partial charge in [0.1, 0.15) is 18.2 Å². The topological polar surface area (TPSA) is 110 Å². The Hall–Kier alpha value is -4.81. The number of fused-ring (bicyclic) bond motifs is 1. The quantitative estimate of drug-likeness (QED) is 0.242. The minimum absolute atomic E-state index is 0.00342. The molecular weight excluding hydrogens is 547 g/mol. The van der Waals surface area contributed by atoms with E-state index in [1.165, 1.54) is 11.6 Å². The maximum absolute atomic E-state index is 14.3. The van der Waals surface area contributed by atoms with E-state index in [0.29, 0.717) is 24.4 Å². The van der Waals surface area contributed by atoms with Crippen molar-refractivity contribution >= 4 is 22.6 Å². The number of allylic oxidation sites excluding steroid dienone is 4. The maximum Gasteiger partial charge on any atom is 0.335 e. The van der Waals surface area contributed by atoms with Crippen LogP contribution in [0.3, 0.4) is 0 Å². The van der Waals surface area contributed by atoms with Crippen molar-refractivity contribution in [3.63, 3.8) is 0 Å². The summed E-state index contributed by atoms with van der Waals surface area (Å²) in [7, 11) is 0. The largest absolute Gasteiger partial charge is 0.478 e. The number of nitrogens with zero attached hydrogens (tertiary/aromatic N) is 4. The highest BCUT2D eigenvalue weighted by Gasteiger charge is 2.30. The summed E-state index contributed by atoms with van der Waals surface area (Å²) in [5.74, 6) is -0.176. The van der Waals surface area contributed by atoms with E-state index in [1.54, 1.807) is 36.4 Å². The van der Waals surface area contributed by atoms with Crippen molar-refractivity contribution < 1.29 is 23.8 Å². The molecule has 3 heterocycles. The second-order valence-electron chi connectivity index (χ2n) is 11.6. The van der Waals surface area contributed by atoms with Crippen LogP contribution in [0.25, 0.3) is 16.6 Å². The molecule has 1 aliphatic carbocycles. The number of rotatable bonds is 9. The third-order valence-corrected chi connectivity index (χ3v) is 8.20. The van der Waals surface area contributed by atoms with E-state index in [4.69, 9.17) is 24.7 Å². The fraction of sp³-hybridized carbons (Fsp3) is 0.294. The molecule has 8 nitrogen and oxygen atoms in total.